The third-order valence-electron chi connectivity index (χ3n) is 2.27. The average Bonchev–Trinajstić information content (AvgIpc) is 2.89. The van der Waals surface area contributed by atoms with Gasteiger partial charge in [-0.2, -0.15) is 0 Å². The number of hydrogen-bond donors (Lipinski definition) is 3. The molecular weight excluding hydrogens is 168 g/mol. The van der Waals surface area contributed by atoms with Crippen molar-refractivity contribution in [2.45, 2.75) is 18.9 Å². The molecule has 4 heteroatoms. The fraction of sp³-hybridized carbons (Fsp3) is 1.00. The minimum absolute atomic E-state index is 0.170. The number of hydrogen-bond acceptors (Lipinski definition) is 4. The molecule has 0 spiro atoms. The Morgan fingerprint density at radius 1 is 1.08 bits per heavy atom. The summed E-state index contributed by atoms with van der Waals surface area (Å²) in [5.41, 5.74) is 0. The van der Waals surface area contributed by atoms with E-state index < -0.39 is 0 Å². The molecule has 1 fully saturated rings. The van der Waals surface area contributed by atoms with E-state index >= 15 is 0 Å². The summed E-state index contributed by atoms with van der Waals surface area (Å²) >= 11 is 0. The lowest BCUT2D eigenvalue weighted by Crippen LogP contribution is -2.36. The highest BCUT2D eigenvalue weighted by Gasteiger charge is 2.19. The van der Waals surface area contributed by atoms with E-state index in [1.807, 2.05) is 0 Å². The minimum atomic E-state index is 0.170. The van der Waals surface area contributed by atoms with Crippen molar-refractivity contribution in [3.63, 3.8) is 0 Å². The molecule has 0 amide bonds. The highest BCUT2D eigenvalue weighted by molar-refractivity contribution is 4.80. The van der Waals surface area contributed by atoms with Crippen LogP contribution in [-0.4, -0.2) is 60.5 Å². The second-order valence-corrected chi connectivity index (χ2v) is 3.52. The zero-order valence-electron chi connectivity index (χ0n) is 8.08. The second kappa shape index (κ2) is 6.32. The Morgan fingerprint density at radius 3 is 2.15 bits per heavy atom. The van der Waals surface area contributed by atoms with Gasteiger partial charge < -0.3 is 15.5 Å². The summed E-state index contributed by atoms with van der Waals surface area (Å²) in [6, 6.07) is 0.741. The first-order valence-corrected chi connectivity index (χ1v) is 5.04. The van der Waals surface area contributed by atoms with Gasteiger partial charge in [0.1, 0.15) is 0 Å². The SMILES string of the molecule is OCCN(CCO)CCNC1CC1. The number of aliphatic hydroxyl groups is 2. The summed E-state index contributed by atoms with van der Waals surface area (Å²) in [5, 5.41) is 20.9. The largest absolute Gasteiger partial charge is 0.395 e. The summed E-state index contributed by atoms with van der Waals surface area (Å²) in [4.78, 5) is 2.06. The molecule has 1 aliphatic carbocycles. The Kier molecular flexibility index (Phi) is 5.31. The Morgan fingerprint density at radius 2 is 1.69 bits per heavy atom. The van der Waals surface area contributed by atoms with Gasteiger partial charge in [0.15, 0.2) is 0 Å². The lowest BCUT2D eigenvalue weighted by molar-refractivity contribution is 0.161. The first-order valence-electron chi connectivity index (χ1n) is 5.04. The third-order valence-corrected chi connectivity index (χ3v) is 2.27. The number of aliphatic hydroxyl groups excluding tert-OH is 2. The maximum atomic E-state index is 8.74. The Hall–Kier alpha value is -0.160. The fourth-order valence-electron chi connectivity index (χ4n) is 1.33. The van der Waals surface area contributed by atoms with E-state index in [1.165, 1.54) is 12.8 Å². The molecule has 0 radical (unpaired) electrons. The van der Waals surface area contributed by atoms with Crippen molar-refractivity contribution in [2.75, 3.05) is 39.4 Å². The van der Waals surface area contributed by atoms with E-state index in [4.69, 9.17) is 10.2 Å². The van der Waals surface area contributed by atoms with Crippen LogP contribution in [-0.2, 0) is 0 Å². The van der Waals surface area contributed by atoms with E-state index in [-0.39, 0.29) is 13.2 Å². The van der Waals surface area contributed by atoms with Crippen molar-refractivity contribution >= 4 is 0 Å². The molecule has 0 aromatic carbocycles. The summed E-state index contributed by atoms with van der Waals surface area (Å²) in [5.74, 6) is 0. The lowest BCUT2D eigenvalue weighted by atomic mass is 10.4. The van der Waals surface area contributed by atoms with Crippen LogP contribution in [0.5, 0.6) is 0 Å². The van der Waals surface area contributed by atoms with E-state index in [9.17, 15) is 0 Å². The van der Waals surface area contributed by atoms with Crippen LogP contribution in [0.25, 0.3) is 0 Å². The molecule has 0 atom stereocenters. The van der Waals surface area contributed by atoms with Crippen molar-refractivity contribution in [1.29, 1.82) is 0 Å². The van der Waals surface area contributed by atoms with Gasteiger partial charge in [-0.05, 0) is 12.8 Å². The summed E-state index contributed by atoms with van der Waals surface area (Å²) in [7, 11) is 0. The van der Waals surface area contributed by atoms with E-state index in [2.05, 4.69) is 10.2 Å². The van der Waals surface area contributed by atoms with Crippen molar-refractivity contribution in [2.24, 2.45) is 0 Å². The molecule has 1 rings (SSSR count). The standard InChI is InChI=1S/C9H20N2O2/c12-7-5-11(6-8-13)4-3-10-9-1-2-9/h9-10,12-13H,1-8H2. The molecule has 3 N–H and O–H groups in total. The normalized spacial score (nSPS) is 16.8. The minimum Gasteiger partial charge on any atom is -0.395 e. The predicted molar refractivity (Wildman–Crippen MR) is 51.6 cm³/mol. The van der Waals surface area contributed by atoms with Crippen molar-refractivity contribution in [1.82, 2.24) is 10.2 Å². The van der Waals surface area contributed by atoms with Crippen LogP contribution in [0.1, 0.15) is 12.8 Å². The van der Waals surface area contributed by atoms with Gasteiger partial charge in [0.05, 0.1) is 13.2 Å². The Bertz CT molecular complexity index is 123. The molecular formula is C9H20N2O2. The molecule has 0 bridgehead atoms. The van der Waals surface area contributed by atoms with Gasteiger partial charge in [-0.25, -0.2) is 0 Å². The van der Waals surface area contributed by atoms with Crippen LogP contribution in [0, 0.1) is 0 Å². The van der Waals surface area contributed by atoms with Crippen LogP contribution >= 0.6 is 0 Å². The van der Waals surface area contributed by atoms with Gasteiger partial charge in [-0.15, -0.1) is 0 Å². The first kappa shape index (κ1) is 10.9. The molecule has 1 saturated carbocycles. The summed E-state index contributed by atoms with van der Waals surface area (Å²) < 4.78 is 0. The fourth-order valence-corrected chi connectivity index (χ4v) is 1.33. The van der Waals surface area contributed by atoms with Crippen LogP contribution in [0.4, 0.5) is 0 Å². The zero-order valence-corrected chi connectivity index (χ0v) is 8.08. The smallest absolute Gasteiger partial charge is 0.0558 e. The number of nitrogens with zero attached hydrogens (tertiary/aromatic N) is 1. The van der Waals surface area contributed by atoms with Gasteiger partial charge in [-0.1, -0.05) is 0 Å². The predicted octanol–water partition coefficient (Wildman–Crippen LogP) is -0.975. The molecule has 0 aromatic heterocycles. The topological polar surface area (TPSA) is 55.7 Å². The summed E-state index contributed by atoms with van der Waals surface area (Å²) in [6.07, 6.45) is 2.61. The van der Waals surface area contributed by atoms with Crippen LogP contribution < -0.4 is 5.32 Å². The van der Waals surface area contributed by atoms with Crippen molar-refractivity contribution < 1.29 is 10.2 Å². The van der Waals surface area contributed by atoms with Crippen LogP contribution in [0.3, 0.4) is 0 Å². The lowest BCUT2D eigenvalue weighted by Gasteiger charge is -2.19. The first-order chi connectivity index (χ1) is 6.36. The van der Waals surface area contributed by atoms with Crippen molar-refractivity contribution in [3.8, 4) is 0 Å². The molecule has 4 nitrogen and oxygen atoms in total. The quantitative estimate of drug-likeness (QED) is 0.458. The highest BCUT2D eigenvalue weighted by atomic mass is 16.3. The maximum absolute atomic E-state index is 8.74. The van der Waals surface area contributed by atoms with Gasteiger partial charge in [0, 0.05) is 32.2 Å². The molecule has 0 heterocycles. The third kappa shape index (κ3) is 5.21. The Labute approximate surface area is 79.6 Å². The molecule has 0 aliphatic heterocycles. The Balaban J connectivity index is 1.98. The van der Waals surface area contributed by atoms with Gasteiger partial charge in [0.2, 0.25) is 0 Å². The molecule has 0 unspecified atom stereocenters. The summed E-state index contributed by atoms with van der Waals surface area (Å²) in [6.45, 7) is 3.54. The van der Waals surface area contributed by atoms with Crippen LogP contribution in [0.2, 0.25) is 0 Å². The van der Waals surface area contributed by atoms with Gasteiger partial charge >= 0.3 is 0 Å². The van der Waals surface area contributed by atoms with E-state index in [0.717, 1.165) is 19.1 Å². The maximum Gasteiger partial charge on any atom is 0.0558 e. The average molecular weight is 188 g/mol. The number of nitrogens with one attached hydrogen (secondary N) is 1. The molecule has 13 heavy (non-hydrogen) atoms. The zero-order chi connectivity index (χ0) is 9.52. The molecule has 78 valence electrons. The number of rotatable bonds is 8. The highest BCUT2D eigenvalue weighted by Crippen LogP contribution is 2.17. The second-order valence-electron chi connectivity index (χ2n) is 3.52. The van der Waals surface area contributed by atoms with Gasteiger partial charge in [-0.3, -0.25) is 4.90 Å². The monoisotopic (exact) mass is 188 g/mol. The molecule has 1 aliphatic rings. The van der Waals surface area contributed by atoms with E-state index in [0.29, 0.717) is 13.1 Å². The van der Waals surface area contributed by atoms with E-state index in [1.54, 1.807) is 0 Å². The van der Waals surface area contributed by atoms with Crippen molar-refractivity contribution in [3.05, 3.63) is 0 Å². The molecule has 0 saturated heterocycles. The molecule has 0 aromatic rings. The van der Waals surface area contributed by atoms with Gasteiger partial charge in [0.25, 0.3) is 0 Å². The van der Waals surface area contributed by atoms with Crippen LogP contribution in [0.15, 0.2) is 0 Å².